The zero-order chi connectivity index (χ0) is 10.8. The molecule has 0 amide bonds. The Morgan fingerprint density at radius 2 is 2.13 bits per heavy atom. The molecule has 78 valence electrons. The summed E-state index contributed by atoms with van der Waals surface area (Å²) in [6, 6.07) is 6.35. The lowest BCUT2D eigenvalue weighted by Gasteiger charge is -2.06. The summed E-state index contributed by atoms with van der Waals surface area (Å²) >= 11 is 0. The number of hydrogen-bond acceptors (Lipinski definition) is 2. The molecule has 2 aromatic rings. The van der Waals surface area contributed by atoms with Gasteiger partial charge in [-0.05, 0) is 25.0 Å². The van der Waals surface area contributed by atoms with E-state index in [4.69, 9.17) is 0 Å². The van der Waals surface area contributed by atoms with Gasteiger partial charge in [-0.15, -0.1) is 0 Å². The molecule has 1 N–H and O–H groups in total. The maximum atomic E-state index is 9.17. The van der Waals surface area contributed by atoms with Gasteiger partial charge in [-0.1, -0.05) is 23.8 Å². The van der Waals surface area contributed by atoms with E-state index >= 15 is 0 Å². The number of aromatic hydroxyl groups is 1. The van der Waals surface area contributed by atoms with Gasteiger partial charge in [0.15, 0.2) is 5.75 Å². The van der Waals surface area contributed by atoms with Crippen LogP contribution in [0, 0.1) is 13.8 Å². The minimum absolute atomic E-state index is 0.209. The van der Waals surface area contributed by atoms with Gasteiger partial charge in [0.25, 0.3) is 0 Å². The number of aromatic nitrogens is 2. The lowest BCUT2D eigenvalue weighted by molar-refractivity contribution is 0.474. The lowest BCUT2D eigenvalue weighted by atomic mass is 10.1. The van der Waals surface area contributed by atoms with E-state index in [1.165, 1.54) is 22.9 Å². The molecule has 1 aromatic heterocycles. The Morgan fingerprint density at radius 3 is 2.80 bits per heavy atom. The summed E-state index contributed by atoms with van der Waals surface area (Å²) in [6.07, 6.45) is 3.08. The third kappa shape index (κ3) is 2.18. The van der Waals surface area contributed by atoms with Crippen LogP contribution in [0.15, 0.2) is 30.6 Å². The van der Waals surface area contributed by atoms with Crippen LogP contribution in [0.3, 0.4) is 0 Å². The topological polar surface area (TPSA) is 38.0 Å². The molecule has 2 rings (SSSR count). The maximum Gasteiger partial charge on any atom is 0.153 e. The van der Waals surface area contributed by atoms with E-state index in [-0.39, 0.29) is 5.75 Å². The van der Waals surface area contributed by atoms with Crippen molar-refractivity contribution in [3.8, 4) is 5.75 Å². The fourth-order valence-corrected chi connectivity index (χ4v) is 1.58. The van der Waals surface area contributed by atoms with Gasteiger partial charge in [-0.25, -0.2) is 0 Å². The Bertz CT molecular complexity index is 474. The summed E-state index contributed by atoms with van der Waals surface area (Å²) in [5.74, 6) is 0.209. The molecule has 0 aliphatic rings. The fourth-order valence-electron chi connectivity index (χ4n) is 1.58. The highest BCUT2D eigenvalue weighted by atomic mass is 16.3. The minimum atomic E-state index is 0.209. The van der Waals surface area contributed by atoms with Gasteiger partial charge >= 0.3 is 0 Å². The standard InChI is InChI=1S/C12H14N2O/c1-9-3-4-10(2)11(5-9)7-14-8-12(15)6-13-14/h3-6,8,15H,7H2,1-2H3. The van der Waals surface area contributed by atoms with Crippen molar-refractivity contribution in [2.24, 2.45) is 0 Å². The van der Waals surface area contributed by atoms with Crippen molar-refractivity contribution in [3.05, 3.63) is 47.3 Å². The summed E-state index contributed by atoms with van der Waals surface area (Å²) in [7, 11) is 0. The average molecular weight is 202 g/mol. The summed E-state index contributed by atoms with van der Waals surface area (Å²) in [6.45, 7) is 4.86. The Kier molecular flexibility index (Phi) is 2.46. The van der Waals surface area contributed by atoms with Crippen LogP contribution in [0.1, 0.15) is 16.7 Å². The molecular weight excluding hydrogens is 188 g/mol. The summed E-state index contributed by atoms with van der Waals surface area (Å²) in [5, 5.41) is 13.2. The zero-order valence-corrected chi connectivity index (χ0v) is 8.94. The Hall–Kier alpha value is -1.77. The predicted octanol–water partition coefficient (Wildman–Crippen LogP) is 2.25. The van der Waals surface area contributed by atoms with Crippen LogP contribution in [0.4, 0.5) is 0 Å². The summed E-state index contributed by atoms with van der Waals surface area (Å²) in [5.41, 5.74) is 3.72. The van der Waals surface area contributed by atoms with Gasteiger partial charge in [0.2, 0.25) is 0 Å². The van der Waals surface area contributed by atoms with E-state index < -0.39 is 0 Å². The van der Waals surface area contributed by atoms with E-state index in [1.807, 2.05) is 0 Å². The average Bonchev–Trinajstić information content (AvgIpc) is 2.58. The second-order valence-corrected chi connectivity index (χ2v) is 3.83. The monoisotopic (exact) mass is 202 g/mol. The largest absolute Gasteiger partial charge is 0.505 e. The number of hydrogen-bond donors (Lipinski definition) is 1. The van der Waals surface area contributed by atoms with Crippen LogP contribution in [0.2, 0.25) is 0 Å². The third-order valence-corrected chi connectivity index (χ3v) is 2.46. The van der Waals surface area contributed by atoms with Gasteiger partial charge in [-0.3, -0.25) is 4.68 Å². The van der Waals surface area contributed by atoms with Crippen molar-refractivity contribution in [1.29, 1.82) is 0 Å². The second kappa shape index (κ2) is 3.77. The minimum Gasteiger partial charge on any atom is -0.505 e. The number of nitrogens with zero attached hydrogens (tertiary/aromatic N) is 2. The van der Waals surface area contributed by atoms with Crippen LogP contribution in [-0.4, -0.2) is 14.9 Å². The van der Waals surface area contributed by atoms with Gasteiger partial charge in [0, 0.05) is 0 Å². The number of rotatable bonds is 2. The van der Waals surface area contributed by atoms with Crippen LogP contribution in [-0.2, 0) is 6.54 Å². The van der Waals surface area contributed by atoms with Crippen LogP contribution < -0.4 is 0 Å². The first-order valence-corrected chi connectivity index (χ1v) is 4.93. The normalized spacial score (nSPS) is 10.5. The molecule has 0 fully saturated rings. The van der Waals surface area contributed by atoms with Crippen molar-refractivity contribution >= 4 is 0 Å². The molecule has 1 heterocycles. The van der Waals surface area contributed by atoms with E-state index in [0.29, 0.717) is 6.54 Å². The molecule has 3 nitrogen and oxygen atoms in total. The molecule has 0 saturated heterocycles. The van der Waals surface area contributed by atoms with Crippen molar-refractivity contribution in [2.75, 3.05) is 0 Å². The number of benzene rings is 1. The highest BCUT2D eigenvalue weighted by molar-refractivity contribution is 5.30. The Labute approximate surface area is 89.0 Å². The second-order valence-electron chi connectivity index (χ2n) is 3.83. The Balaban J connectivity index is 2.27. The highest BCUT2D eigenvalue weighted by Gasteiger charge is 2.01. The predicted molar refractivity (Wildman–Crippen MR) is 58.9 cm³/mol. The molecule has 0 unspecified atom stereocenters. The molecule has 3 heteroatoms. The van der Waals surface area contributed by atoms with E-state index in [9.17, 15) is 5.11 Å². The van der Waals surface area contributed by atoms with Gasteiger partial charge in [0.05, 0.1) is 18.9 Å². The maximum absolute atomic E-state index is 9.17. The van der Waals surface area contributed by atoms with Gasteiger partial charge < -0.3 is 5.11 Å². The highest BCUT2D eigenvalue weighted by Crippen LogP contribution is 2.13. The van der Waals surface area contributed by atoms with Crippen molar-refractivity contribution in [2.45, 2.75) is 20.4 Å². The summed E-state index contributed by atoms with van der Waals surface area (Å²) < 4.78 is 1.73. The Morgan fingerprint density at radius 1 is 1.33 bits per heavy atom. The van der Waals surface area contributed by atoms with Crippen molar-refractivity contribution in [3.63, 3.8) is 0 Å². The molecule has 0 aliphatic heterocycles. The third-order valence-electron chi connectivity index (χ3n) is 2.46. The first kappa shape index (κ1) is 9.77. The summed E-state index contributed by atoms with van der Waals surface area (Å²) in [4.78, 5) is 0. The van der Waals surface area contributed by atoms with Crippen molar-refractivity contribution < 1.29 is 5.11 Å². The lowest BCUT2D eigenvalue weighted by Crippen LogP contribution is -2.01. The first-order chi connectivity index (χ1) is 7.15. The molecule has 0 atom stereocenters. The molecule has 1 aromatic carbocycles. The van der Waals surface area contributed by atoms with Crippen LogP contribution >= 0.6 is 0 Å². The molecule has 0 spiro atoms. The zero-order valence-electron chi connectivity index (χ0n) is 8.94. The van der Waals surface area contributed by atoms with E-state index in [1.54, 1.807) is 10.9 Å². The van der Waals surface area contributed by atoms with Crippen molar-refractivity contribution in [1.82, 2.24) is 9.78 Å². The number of aryl methyl sites for hydroxylation is 2. The van der Waals surface area contributed by atoms with E-state index in [0.717, 1.165) is 0 Å². The molecule has 0 aliphatic carbocycles. The van der Waals surface area contributed by atoms with Gasteiger partial charge in [0.1, 0.15) is 0 Å². The molecule has 0 radical (unpaired) electrons. The quantitative estimate of drug-likeness (QED) is 0.811. The first-order valence-electron chi connectivity index (χ1n) is 4.93. The van der Waals surface area contributed by atoms with Crippen LogP contribution in [0.25, 0.3) is 0 Å². The molecule has 0 bridgehead atoms. The molecular formula is C12H14N2O. The SMILES string of the molecule is Cc1ccc(C)c(Cn2cc(O)cn2)c1. The molecule has 15 heavy (non-hydrogen) atoms. The van der Waals surface area contributed by atoms with E-state index in [2.05, 4.69) is 37.1 Å². The van der Waals surface area contributed by atoms with Crippen LogP contribution in [0.5, 0.6) is 5.75 Å². The fraction of sp³-hybridized carbons (Fsp3) is 0.250. The smallest absolute Gasteiger partial charge is 0.153 e. The van der Waals surface area contributed by atoms with Gasteiger partial charge in [-0.2, -0.15) is 5.10 Å². The molecule has 0 saturated carbocycles.